The van der Waals surface area contributed by atoms with Gasteiger partial charge in [-0.2, -0.15) is 0 Å². The van der Waals surface area contributed by atoms with E-state index in [1.54, 1.807) is 0 Å². The number of aliphatic hydroxyl groups is 1. The maximum atomic E-state index is 9.97. The lowest BCUT2D eigenvalue weighted by Gasteiger charge is -2.23. The Balaban J connectivity index is 1.55. The number of hydrogen-bond donors (Lipinski definition) is 3. The lowest BCUT2D eigenvalue weighted by molar-refractivity contribution is 0.184. The summed E-state index contributed by atoms with van der Waals surface area (Å²) in [6.07, 6.45) is 2.09. The van der Waals surface area contributed by atoms with Gasteiger partial charge in [-0.1, -0.05) is 31.9 Å². The standard InChI is InChI=1S/C23H29N5O2/c1-12-7-17(21-27-28-22(30-21)26-18-10-24-11-19(18)29)25-20-15(12)8-14(13-5-6-13)9-16(20)23(2,3)4/h7-9,13,18-19,24,29H,5-6,10-11H2,1-4H3,(H,26,28). The van der Waals surface area contributed by atoms with Crippen molar-refractivity contribution in [3.63, 3.8) is 0 Å². The van der Waals surface area contributed by atoms with E-state index in [1.807, 2.05) is 6.07 Å². The van der Waals surface area contributed by atoms with Gasteiger partial charge in [-0.3, -0.25) is 0 Å². The van der Waals surface area contributed by atoms with Crippen molar-refractivity contribution >= 4 is 16.9 Å². The number of aliphatic hydroxyl groups excluding tert-OH is 1. The monoisotopic (exact) mass is 407 g/mol. The van der Waals surface area contributed by atoms with Gasteiger partial charge in [0.05, 0.1) is 17.7 Å². The number of benzene rings is 1. The fourth-order valence-corrected chi connectivity index (χ4v) is 4.20. The van der Waals surface area contributed by atoms with Crippen molar-refractivity contribution in [2.45, 2.75) is 64.0 Å². The number of anilines is 1. The largest absolute Gasteiger partial charge is 0.402 e. The second-order valence-corrected chi connectivity index (χ2v) is 9.70. The average molecular weight is 408 g/mol. The highest BCUT2D eigenvalue weighted by molar-refractivity contribution is 5.88. The van der Waals surface area contributed by atoms with E-state index in [-0.39, 0.29) is 11.5 Å². The molecule has 0 bridgehead atoms. The van der Waals surface area contributed by atoms with Gasteiger partial charge in [0.15, 0.2) is 0 Å². The molecule has 0 radical (unpaired) electrons. The highest BCUT2D eigenvalue weighted by Gasteiger charge is 2.29. The third-order valence-corrected chi connectivity index (χ3v) is 6.13. The Morgan fingerprint density at radius 2 is 1.93 bits per heavy atom. The molecule has 2 aliphatic rings. The summed E-state index contributed by atoms with van der Waals surface area (Å²) < 4.78 is 5.85. The van der Waals surface area contributed by atoms with Crippen molar-refractivity contribution in [3.8, 4) is 11.6 Å². The predicted molar refractivity (Wildman–Crippen MR) is 117 cm³/mol. The Hall–Kier alpha value is -2.51. The molecule has 2 unspecified atom stereocenters. The lowest BCUT2D eigenvalue weighted by Crippen LogP contribution is -2.32. The third kappa shape index (κ3) is 3.56. The van der Waals surface area contributed by atoms with E-state index in [2.05, 4.69) is 60.7 Å². The second kappa shape index (κ2) is 7.03. The van der Waals surface area contributed by atoms with Crippen molar-refractivity contribution in [1.29, 1.82) is 0 Å². The van der Waals surface area contributed by atoms with Crippen molar-refractivity contribution < 1.29 is 9.52 Å². The van der Waals surface area contributed by atoms with Crippen molar-refractivity contribution in [2.75, 3.05) is 18.4 Å². The van der Waals surface area contributed by atoms with Crippen molar-refractivity contribution in [2.24, 2.45) is 0 Å². The Morgan fingerprint density at radius 1 is 1.13 bits per heavy atom. The molecule has 1 saturated carbocycles. The van der Waals surface area contributed by atoms with Crippen LogP contribution in [0.1, 0.15) is 56.2 Å². The molecule has 2 atom stereocenters. The molecule has 7 nitrogen and oxygen atoms in total. The van der Waals surface area contributed by atoms with Gasteiger partial charge in [-0.15, -0.1) is 5.10 Å². The Labute approximate surface area is 176 Å². The van der Waals surface area contributed by atoms with E-state index in [0.717, 1.165) is 11.1 Å². The van der Waals surface area contributed by atoms with Gasteiger partial charge in [-0.05, 0) is 59.9 Å². The zero-order valence-corrected chi connectivity index (χ0v) is 18.0. The predicted octanol–water partition coefficient (Wildman–Crippen LogP) is 3.51. The Kier molecular flexibility index (Phi) is 4.56. The quantitative estimate of drug-likeness (QED) is 0.609. The first kappa shape index (κ1) is 19.5. The van der Waals surface area contributed by atoms with Gasteiger partial charge in [-0.25, -0.2) is 4.98 Å². The molecule has 1 aliphatic heterocycles. The lowest BCUT2D eigenvalue weighted by atomic mass is 9.83. The molecule has 0 amide bonds. The fraction of sp³-hybridized carbons (Fsp3) is 0.522. The van der Waals surface area contributed by atoms with Crippen LogP contribution >= 0.6 is 0 Å². The van der Waals surface area contributed by atoms with Crippen LogP contribution in [0.4, 0.5) is 6.01 Å². The minimum Gasteiger partial charge on any atom is -0.402 e. The van der Waals surface area contributed by atoms with E-state index in [0.29, 0.717) is 36.6 Å². The van der Waals surface area contributed by atoms with Gasteiger partial charge < -0.3 is 20.2 Å². The summed E-state index contributed by atoms with van der Waals surface area (Å²) in [6, 6.07) is 6.83. The van der Waals surface area contributed by atoms with Crippen LogP contribution in [-0.4, -0.2) is 45.5 Å². The summed E-state index contributed by atoms with van der Waals surface area (Å²) in [5.74, 6) is 1.08. The molecule has 3 heterocycles. The number of nitrogens with one attached hydrogen (secondary N) is 2. The molecular formula is C23H29N5O2. The summed E-state index contributed by atoms with van der Waals surface area (Å²) in [4.78, 5) is 4.97. The number of nitrogens with zero attached hydrogens (tertiary/aromatic N) is 3. The molecule has 30 heavy (non-hydrogen) atoms. The minimum absolute atomic E-state index is 0.0195. The van der Waals surface area contributed by atoms with Gasteiger partial charge in [0.25, 0.3) is 5.89 Å². The van der Waals surface area contributed by atoms with E-state index in [1.165, 1.54) is 29.4 Å². The number of pyridine rings is 1. The molecule has 1 saturated heterocycles. The first-order valence-corrected chi connectivity index (χ1v) is 10.7. The third-order valence-electron chi connectivity index (χ3n) is 6.13. The number of fused-ring (bicyclic) bond motifs is 1. The van der Waals surface area contributed by atoms with Crippen LogP contribution in [0.5, 0.6) is 0 Å². The van der Waals surface area contributed by atoms with Crippen LogP contribution < -0.4 is 10.6 Å². The number of β-amino-alcohol motifs (C(OH)–C–C–N with tert-alkyl or cyclic N) is 1. The summed E-state index contributed by atoms with van der Waals surface area (Å²) in [6.45, 7) is 10.0. The van der Waals surface area contributed by atoms with Crippen LogP contribution in [0.2, 0.25) is 0 Å². The first-order valence-electron chi connectivity index (χ1n) is 10.7. The molecule has 2 fully saturated rings. The highest BCUT2D eigenvalue weighted by atomic mass is 16.4. The SMILES string of the molecule is Cc1cc(-c2nnc(NC3CNCC3O)o2)nc2c(C(C)(C)C)cc(C3CC3)cc12. The highest BCUT2D eigenvalue weighted by Crippen LogP contribution is 2.44. The molecule has 158 valence electrons. The van der Waals surface area contributed by atoms with Gasteiger partial charge in [0.2, 0.25) is 0 Å². The van der Waals surface area contributed by atoms with E-state index < -0.39 is 6.10 Å². The summed E-state index contributed by atoms with van der Waals surface area (Å²) in [5, 5.41) is 25.7. The summed E-state index contributed by atoms with van der Waals surface area (Å²) in [5.41, 5.74) is 5.50. The average Bonchev–Trinajstić information content (AvgIpc) is 3.31. The number of aryl methyl sites for hydroxylation is 1. The Bertz CT molecular complexity index is 1100. The Morgan fingerprint density at radius 3 is 2.60 bits per heavy atom. The van der Waals surface area contributed by atoms with Crippen LogP contribution in [0, 0.1) is 6.92 Å². The molecule has 3 N–H and O–H groups in total. The first-order chi connectivity index (χ1) is 14.3. The molecule has 5 rings (SSSR count). The minimum atomic E-state index is -0.476. The molecule has 7 heteroatoms. The summed E-state index contributed by atoms with van der Waals surface area (Å²) >= 11 is 0. The van der Waals surface area contributed by atoms with E-state index >= 15 is 0 Å². The summed E-state index contributed by atoms with van der Waals surface area (Å²) in [7, 11) is 0. The van der Waals surface area contributed by atoms with E-state index in [4.69, 9.17) is 9.40 Å². The molecule has 1 aliphatic carbocycles. The van der Waals surface area contributed by atoms with Crippen LogP contribution in [-0.2, 0) is 5.41 Å². The smallest absolute Gasteiger partial charge is 0.316 e. The molecule has 3 aromatic rings. The molecule has 0 spiro atoms. The van der Waals surface area contributed by atoms with Crippen LogP contribution in [0.25, 0.3) is 22.5 Å². The zero-order chi connectivity index (χ0) is 21.0. The maximum Gasteiger partial charge on any atom is 0.316 e. The fourth-order valence-electron chi connectivity index (χ4n) is 4.20. The van der Waals surface area contributed by atoms with Gasteiger partial charge in [0.1, 0.15) is 5.69 Å². The maximum absolute atomic E-state index is 9.97. The van der Waals surface area contributed by atoms with Crippen molar-refractivity contribution in [3.05, 3.63) is 34.9 Å². The van der Waals surface area contributed by atoms with E-state index in [9.17, 15) is 5.11 Å². The second-order valence-electron chi connectivity index (χ2n) is 9.70. The number of rotatable bonds is 4. The molecule has 2 aromatic heterocycles. The molecular weight excluding hydrogens is 378 g/mol. The normalized spacial score (nSPS) is 22.0. The topological polar surface area (TPSA) is 96.1 Å². The van der Waals surface area contributed by atoms with Crippen LogP contribution in [0.3, 0.4) is 0 Å². The van der Waals surface area contributed by atoms with Gasteiger partial charge >= 0.3 is 6.01 Å². The zero-order valence-electron chi connectivity index (χ0n) is 18.0. The number of aromatic nitrogens is 3. The van der Waals surface area contributed by atoms with Crippen LogP contribution in [0.15, 0.2) is 22.6 Å². The molecule has 1 aromatic carbocycles. The number of hydrogen-bond acceptors (Lipinski definition) is 7. The van der Waals surface area contributed by atoms with Crippen molar-refractivity contribution in [1.82, 2.24) is 20.5 Å². The van der Waals surface area contributed by atoms with Gasteiger partial charge in [0, 0.05) is 18.5 Å².